The number of halogens is 1. The number of aromatic nitrogens is 2. The van der Waals surface area contributed by atoms with Crippen molar-refractivity contribution in [1.29, 1.82) is 0 Å². The van der Waals surface area contributed by atoms with Crippen LogP contribution >= 0.6 is 12.4 Å². The zero-order chi connectivity index (χ0) is 5.82. The fraction of sp³-hybridized carbons (Fsp3) is 0.400. The summed E-state index contributed by atoms with van der Waals surface area (Å²) in [6.45, 7) is 2.94. The molecule has 0 spiro atoms. The van der Waals surface area contributed by atoms with Crippen LogP contribution in [0.1, 0.15) is 6.92 Å². The third-order valence-corrected chi connectivity index (χ3v) is 0.842. The third kappa shape index (κ3) is 2.37. The van der Waals surface area contributed by atoms with Gasteiger partial charge in [-0.2, -0.15) is 0 Å². The average Bonchev–Trinajstić information content (AvgIpc) is 2.19. The number of hydrogen-bond acceptors (Lipinski definition) is 2. The predicted molar refractivity (Wildman–Crippen MR) is 40.0 cm³/mol. The van der Waals surface area contributed by atoms with E-state index in [4.69, 9.17) is 0 Å². The Morgan fingerprint density at radius 3 is 3.00 bits per heavy atom. The Hall–Kier alpha value is -0.700. The molecule has 0 aliphatic carbocycles. The maximum atomic E-state index is 3.94. The van der Waals surface area contributed by atoms with Crippen LogP contribution in [0.15, 0.2) is 12.4 Å². The van der Waals surface area contributed by atoms with Gasteiger partial charge in [0, 0.05) is 18.9 Å². The number of anilines is 1. The lowest BCUT2D eigenvalue weighted by molar-refractivity contribution is 1.14. The van der Waals surface area contributed by atoms with Crippen molar-refractivity contribution in [3.05, 3.63) is 12.4 Å². The smallest absolute Gasteiger partial charge is 0.200 e. The summed E-state index contributed by atoms with van der Waals surface area (Å²) in [4.78, 5) is 6.86. The fourth-order valence-electron chi connectivity index (χ4n) is 0.529. The van der Waals surface area contributed by atoms with Gasteiger partial charge in [-0.1, -0.05) is 0 Å². The second kappa shape index (κ2) is 4.21. The number of nitrogens with zero attached hydrogens (tertiary/aromatic N) is 1. The zero-order valence-corrected chi connectivity index (χ0v) is 6.03. The maximum Gasteiger partial charge on any atom is 0.200 e. The lowest BCUT2D eigenvalue weighted by atomic mass is 10.7. The minimum absolute atomic E-state index is 0. The Balaban J connectivity index is 0.000000640. The lowest BCUT2D eigenvalue weighted by Crippen LogP contribution is -1.97. The minimum Gasteiger partial charge on any atom is -0.356 e. The zero-order valence-electron chi connectivity index (χ0n) is 5.22. The molecule has 0 bridgehead atoms. The summed E-state index contributed by atoms with van der Waals surface area (Å²) in [6, 6.07) is 0. The fourth-order valence-corrected chi connectivity index (χ4v) is 0.529. The van der Waals surface area contributed by atoms with E-state index in [1.807, 2.05) is 6.92 Å². The van der Waals surface area contributed by atoms with E-state index in [2.05, 4.69) is 15.3 Å². The van der Waals surface area contributed by atoms with E-state index < -0.39 is 0 Å². The number of hydrogen-bond donors (Lipinski definition) is 2. The topological polar surface area (TPSA) is 40.7 Å². The van der Waals surface area contributed by atoms with E-state index in [1.165, 1.54) is 0 Å². The highest BCUT2D eigenvalue weighted by Gasteiger charge is 1.84. The SMILES string of the molecule is CCNc1ncc[nH]1.Cl. The highest BCUT2D eigenvalue weighted by atomic mass is 35.5. The van der Waals surface area contributed by atoms with Crippen LogP contribution in [0.5, 0.6) is 0 Å². The van der Waals surface area contributed by atoms with E-state index in [9.17, 15) is 0 Å². The minimum atomic E-state index is 0. The van der Waals surface area contributed by atoms with Crippen molar-refractivity contribution in [2.75, 3.05) is 11.9 Å². The summed E-state index contributed by atoms with van der Waals surface area (Å²) in [5.41, 5.74) is 0. The molecule has 1 aromatic rings. The monoisotopic (exact) mass is 147 g/mol. The molecule has 4 heteroatoms. The number of rotatable bonds is 2. The lowest BCUT2D eigenvalue weighted by Gasteiger charge is -1.92. The molecule has 0 amide bonds. The van der Waals surface area contributed by atoms with Crippen molar-refractivity contribution in [1.82, 2.24) is 9.97 Å². The molecule has 1 heterocycles. The molecule has 0 fully saturated rings. The highest BCUT2D eigenvalue weighted by molar-refractivity contribution is 5.85. The first-order chi connectivity index (χ1) is 3.93. The average molecular weight is 148 g/mol. The van der Waals surface area contributed by atoms with E-state index in [-0.39, 0.29) is 12.4 Å². The first-order valence-corrected chi connectivity index (χ1v) is 2.66. The molecule has 3 nitrogen and oxygen atoms in total. The van der Waals surface area contributed by atoms with Gasteiger partial charge in [-0.15, -0.1) is 12.4 Å². The van der Waals surface area contributed by atoms with Gasteiger partial charge in [-0.05, 0) is 6.92 Å². The molecule has 9 heavy (non-hydrogen) atoms. The van der Waals surface area contributed by atoms with E-state index >= 15 is 0 Å². The largest absolute Gasteiger partial charge is 0.356 e. The summed E-state index contributed by atoms with van der Waals surface area (Å²) in [6.07, 6.45) is 3.51. The van der Waals surface area contributed by atoms with Gasteiger partial charge >= 0.3 is 0 Å². The van der Waals surface area contributed by atoms with Gasteiger partial charge < -0.3 is 10.3 Å². The normalized spacial score (nSPS) is 8.11. The molecule has 0 radical (unpaired) electrons. The first kappa shape index (κ1) is 8.30. The van der Waals surface area contributed by atoms with Crippen LogP contribution in [0.3, 0.4) is 0 Å². The van der Waals surface area contributed by atoms with Gasteiger partial charge in [0.1, 0.15) is 0 Å². The standard InChI is InChI=1S/C5H9N3.ClH/c1-2-6-5-7-3-4-8-5;/h3-4H,2H2,1H3,(H2,6,7,8);1H. The number of H-pyrrole nitrogens is 1. The van der Waals surface area contributed by atoms with E-state index in [0.717, 1.165) is 12.5 Å². The van der Waals surface area contributed by atoms with Gasteiger partial charge in [0.15, 0.2) is 5.95 Å². The van der Waals surface area contributed by atoms with E-state index in [1.54, 1.807) is 12.4 Å². The molecule has 0 saturated heterocycles. The summed E-state index contributed by atoms with van der Waals surface area (Å²) in [5, 5.41) is 3.02. The van der Waals surface area contributed by atoms with Gasteiger partial charge in [0.2, 0.25) is 0 Å². The van der Waals surface area contributed by atoms with Crippen molar-refractivity contribution >= 4 is 18.4 Å². The third-order valence-electron chi connectivity index (χ3n) is 0.842. The molecule has 0 saturated carbocycles. The molecule has 0 unspecified atom stereocenters. The Labute approximate surface area is 60.3 Å². The van der Waals surface area contributed by atoms with Crippen LogP contribution in [0, 0.1) is 0 Å². The molecule has 52 valence electrons. The van der Waals surface area contributed by atoms with Crippen LogP contribution in [-0.4, -0.2) is 16.5 Å². The summed E-state index contributed by atoms with van der Waals surface area (Å²) < 4.78 is 0. The van der Waals surface area contributed by atoms with Crippen LogP contribution in [0.4, 0.5) is 5.95 Å². The van der Waals surface area contributed by atoms with Gasteiger partial charge in [-0.3, -0.25) is 0 Å². The second-order valence-electron chi connectivity index (χ2n) is 1.47. The molecular formula is C5H10ClN3. The van der Waals surface area contributed by atoms with Gasteiger partial charge in [-0.25, -0.2) is 4.98 Å². The molecule has 2 N–H and O–H groups in total. The Morgan fingerprint density at radius 1 is 1.78 bits per heavy atom. The van der Waals surface area contributed by atoms with Crippen LogP contribution in [0.2, 0.25) is 0 Å². The van der Waals surface area contributed by atoms with Gasteiger partial charge in [0.05, 0.1) is 0 Å². The molecule has 1 aromatic heterocycles. The highest BCUT2D eigenvalue weighted by Crippen LogP contribution is 1.91. The van der Waals surface area contributed by atoms with Gasteiger partial charge in [0.25, 0.3) is 0 Å². The molecule has 0 aliphatic heterocycles. The number of imidazole rings is 1. The van der Waals surface area contributed by atoms with Crippen molar-refractivity contribution in [2.24, 2.45) is 0 Å². The second-order valence-corrected chi connectivity index (χ2v) is 1.47. The quantitative estimate of drug-likeness (QED) is 0.662. The molecule has 1 rings (SSSR count). The van der Waals surface area contributed by atoms with Crippen LogP contribution in [-0.2, 0) is 0 Å². The summed E-state index contributed by atoms with van der Waals surface area (Å²) >= 11 is 0. The first-order valence-electron chi connectivity index (χ1n) is 2.66. The predicted octanol–water partition coefficient (Wildman–Crippen LogP) is 1.26. The molecule has 0 atom stereocenters. The Morgan fingerprint density at radius 2 is 2.56 bits per heavy atom. The number of nitrogens with one attached hydrogen (secondary N) is 2. The summed E-state index contributed by atoms with van der Waals surface area (Å²) in [5.74, 6) is 0.840. The molecular weight excluding hydrogens is 138 g/mol. The summed E-state index contributed by atoms with van der Waals surface area (Å²) in [7, 11) is 0. The Bertz CT molecular complexity index is 138. The maximum absolute atomic E-state index is 3.94. The Kier molecular flexibility index (Phi) is 3.88. The van der Waals surface area contributed by atoms with Crippen molar-refractivity contribution in [3.8, 4) is 0 Å². The molecule has 0 aliphatic rings. The number of aromatic amines is 1. The van der Waals surface area contributed by atoms with Crippen LogP contribution in [0.25, 0.3) is 0 Å². The molecule has 0 aromatic carbocycles. The van der Waals surface area contributed by atoms with Crippen LogP contribution < -0.4 is 5.32 Å². The van der Waals surface area contributed by atoms with E-state index in [0.29, 0.717) is 0 Å². The van der Waals surface area contributed by atoms with Crippen molar-refractivity contribution in [3.63, 3.8) is 0 Å². The van der Waals surface area contributed by atoms with Crippen molar-refractivity contribution in [2.45, 2.75) is 6.92 Å². The van der Waals surface area contributed by atoms with Crippen molar-refractivity contribution < 1.29 is 0 Å².